The highest BCUT2D eigenvalue weighted by Crippen LogP contribution is 2.28. The van der Waals surface area contributed by atoms with Crippen LogP contribution in [0.5, 0.6) is 5.75 Å². The van der Waals surface area contributed by atoms with E-state index >= 15 is 0 Å². The average Bonchev–Trinajstić information content (AvgIpc) is 2.92. The first-order valence-corrected chi connectivity index (χ1v) is 13.8. The minimum Gasteiger partial charge on any atom is -0.474 e. The number of carbonyl (C=O) groups excluding carboxylic acids is 2. The van der Waals surface area contributed by atoms with E-state index in [9.17, 15) is 27.6 Å². The van der Waals surface area contributed by atoms with Crippen molar-refractivity contribution >= 4 is 33.7 Å². The molecule has 0 saturated carbocycles. The van der Waals surface area contributed by atoms with Gasteiger partial charge in [-0.05, 0) is 65.8 Å². The van der Waals surface area contributed by atoms with Gasteiger partial charge in [-0.2, -0.15) is 0 Å². The van der Waals surface area contributed by atoms with Crippen LogP contribution in [0.1, 0.15) is 64.8 Å². The second-order valence-electron chi connectivity index (χ2n) is 9.41. The molecule has 3 aromatic carbocycles. The van der Waals surface area contributed by atoms with Crippen molar-refractivity contribution in [2.45, 2.75) is 58.0 Å². The summed E-state index contributed by atoms with van der Waals surface area (Å²) in [5, 5.41) is 14.3. The van der Waals surface area contributed by atoms with Gasteiger partial charge >= 0.3 is 18.2 Å². The van der Waals surface area contributed by atoms with Crippen LogP contribution >= 0.6 is 15.9 Å². The lowest BCUT2D eigenvalue weighted by molar-refractivity contribution is -0.274. The first-order chi connectivity index (χ1) is 19.4. The molecule has 7 nitrogen and oxygen atoms in total. The number of aliphatic carboxylic acids is 1. The lowest BCUT2D eigenvalue weighted by Gasteiger charge is -2.20. The summed E-state index contributed by atoms with van der Waals surface area (Å²) in [6, 6.07) is 16.9. The van der Waals surface area contributed by atoms with Crippen molar-refractivity contribution in [3.8, 4) is 5.75 Å². The maximum Gasteiger partial charge on any atom is 0.573 e. The second kappa shape index (κ2) is 14.7. The fourth-order valence-corrected chi connectivity index (χ4v) is 4.68. The molecule has 0 aliphatic carbocycles. The summed E-state index contributed by atoms with van der Waals surface area (Å²) < 4.78 is 41.9. The molecular formula is C30H30BrF3N2O5. The Morgan fingerprint density at radius 3 is 2.20 bits per heavy atom. The molecule has 218 valence electrons. The van der Waals surface area contributed by atoms with E-state index < -0.39 is 30.0 Å². The van der Waals surface area contributed by atoms with E-state index in [1.54, 1.807) is 18.2 Å². The normalized spacial score (nSPS) is 11.9. The zero-order chi connectivity index (χ0) is 30.0. The number of halogens is 4. The number of nitrogens with one attached hydrogen (secondary N) is 2. The van der Waals surface area contributed by atoms with Crippen molar-refractivity contribution in [1.82, 2.24) is 10.6 Å². The number of carboxylic acid groups (broad SMARTS) is 1. The molecule has 0 fully saturated rings. The fraction of sp³-hybridized carbons (Fsp3) is 0.300. The topological polar surface area (TPSA) is 105 Å². The first-order valence-electron chi connectivity index (χ1n) is 13.0. The van der Waals surface area contributed by atoms with Crippen LogP contribution in [0.15, 0.2) is 71.2 Å². The van der Waals surface area contributed by atoms with Crippen molar-refractivity contribution in [3.05, 3.63) is 99.0 Å². The minimum atomic E-state index is -4.87. The predicted octanol–water partition coefficient (Wildman–Crippen LogP) is 6.50. The number of amides is 2. The van der Waals surface area contributed by atoms with Crippen LogP contribution in [-0.2, 0) is 29.0 Å². The Bertz CT molecular complexity index is 1350. The van der Waals surface area contributed by atoms with Crippen molar-refractivity contribution in [2.75, 3.05) is 0 Å². The number of unbranched alkanes of at least 4 members (excludes halogenated alkanes) is 2. The van der Waals surface area contributed by atoms with Crippen LogP contribution in [0.25, 0.3) is 0 Å². The van der Waals surface area contributed by atoms with Gasteiger partial charge in [-0.3, -0.25) is 9.59 Å². The Balaban J connectivity index is 1.67. The highest BCUT2D eigenvalue weighted by Gasteiger charge is 2.31. The van der Waals surface area contributed by atoms with Crippen LogP contribution in [0, 0.1) is 0 Å². The summed E-state index contributed by atoms with van der Waals surface area (Å²) in [6.07, 6.45) is -0.243. The smallest absolute Gasteiger partial charge is 0.474 e. The van der Waals surface area contributed by atoms with Crippen LogP contribution in [0.3, 0.4) is 0 Å². The minimum absolute atomic E-state index is 0.0889. The second-order valence-corrected chi connectivity index (χ2v) is 10.3. The van der Waals surface area contributed by atoms with E-state index in [-0.39, 0.29) is 12.3 Å². The van der Waals surface area contributed by atoms with Crippen molar-refractivity contribution < 1.29 is 37.4 Å². The molecule has 0 saturated heterocycles. The van der Waals surface area contributed by atoms with E-state index in [0.717, 1.165) is 30.5 Å². The summed E-state index contributed by atoms with van der Waals surface area (Å²) in [4.78, 5) is 35.8. The molecule has 0 spiro atoms. The van der Waals surface area contributed by atoms with Crippen molar-refractivity contribution in [3.63, 3.8) is 0 Å². The standard InChI is InChI=1S/C30H30BrF3N2O5/c1-2-3-4-5-19-6-8-20(9-7-19)18-35-27(37)23-11-10-22(25(31)16-23)17-26(36-28(38)29(39)40)21-12-14-24(15-13-21)41-30(32,33)34/h6-16,26H,2-5,17-18H2,1H3,(H,35,37)(H,36,38)(H,39,40). The van der Waals surface area contributed by atoms with Gasteiger partial charge in [0, 0.05) is 16.6 Å². The predicted molar refractivity (Wildman–Crippen MR) is 150 cm³/mol. The average molecular weight is 635 g/mol. The summed E-state index contributed by atoms with van der Waals surface area (Å²) >= 11 is 3.43. The molecule has 3 N–H and O–H groups in total. The van der Waals surface area contributed by atoms with Crippen LogP contribution in [0.4, 0.5) is 13.2 Å². The van der Waals surface area contributed by atoms with E-state index in [1.165, 1.54) is 30.5 Å². The molecule has 3 rings (SSSR count). The van der Waals surface area contributed by atoms with Crippen LogP contribution in [0.2, 0.25) is 0 Å². The van der Waals surface area contributed by atoms with Gasteiger partial charge in [0.2, 0.25) is 0 Å². The lowest BCUT2D eigenvalue weighted by atomic mass is 9.97. The molecule has 0 aromatic heterocycles. The molecule has 0 aliphatic heterocycles. The van der Waals surface area contributed by atoms with Gasteiger partial charge in [-0.15, -0.1) is 13.2 Å². The molecule has 0 aliphatic rings. The molecule has 0 radical (unpaired) electrons. The van der Waals surface area contributed by atoms with Gasteiger partial charge < -0.3 is 20.5 Å². The van der Waals surface area contributed by atoms with E-state index in [4.69, 9.17) is 5.11 Å². The number of aryl methyl sites for hydroxylation is 1. The Morgan fingerprint density at radius 1 is 0.951 bits per heavy atom. The quantitative estimate of drug-likeness (QED) is 0.156. The molecule has 1 atom stereocenters. The molecule has 2 amide bonds. The van der Waals surface area contributed by atoms with Gasteiger partial charge in [0.25, 0.3) is 5.91 Å². The third-order valence-electron chi connectivity index (χ3n) is 6.30. The molecule has 0 bridgehead atoms. The van der Waals surface area contributed by atoms with Crippen LogP contribution in [-0.4, -0.2) is 29.3 Å². The zero-order valence-corrected chi connectivity index (χ0v) is 23.8. The maximum absolute atomic E-state index is 12.8. The monoisotopic (exact) mass is 634 g/mol. The van der Waals surface area contributed by atoms with Crippen molar-refractivity contribution in [1.29, 1.82) is 0 Å². The third kappa shape index (κ3) is 10.2. The van der Waals surface area contributed by atoms with Gasteiger partial charge in [0.1, 0.15) is 5.75 Å². The summed E-state index contributed by atoms with van der Waals surface area (Å²) in [5.74, 6) is -3.72. The highest BCUT2D eigenvalue weighted by molar-refractivity contribution is 9.10. The number of hydrogen-bond acceptors (Lipinski definition) is 4. The Kier molecular flexibility index (Phi) is 11.3. The molecular weight excluding hydrogens is 605 g/mol. The van der Waals surface area contributed by atoms with E-state index in [2.05, 4.69) is 50.4 Å². The molecule has 0 heterocycles. The third-order valence-corrected chi connectivity index (χ3v) is 7.04. The molecule has 3 aromatic rings. The molecule has 41 heavy (non-hydrogen) atoms. The summed E-state index contributed by atoms with van der Waals surface area (Å²) in [7, 11) is 0. The Labute approximate surface area is 244 Å². The van der Waals surface area contributed by atoms with Gasteiger partial charge in [-0.25, -0.2) is 4.79 Å². The number of carboxylic acids is 1. The number of ether oxygens (including phenoxy) is 1. The summed E-state index contributed by atoms with van der Waals surface area (Å²) in [5.41, 5.74) is 3.61. The van der Waals surface area contributed by atoms with Gasteiger partial charge in [0.05, 0.1) is 6.04 Å². The summed E-state index contributed by atoms with van der Waals surface area (Å²) in [6.45, 7) is 2.52. The zero-order valence-electron chi connectivity index (χ0n) is 22.3. The number of benzene rings is 3. The lowest BCUT2D eigenvalue weighted by Crippen LogP contribution is -2.35. The maximum atomic E-state index is 12.8. The van der Waals surface area contributed by atoms with E-state index in [0.29, 0.717) is 27.7 Å². The number of hydrogen-bond donors (Lipinski definition) is 3. The number of carbonyl (C=O) groups is 3. The largest absolute Gasteiger partial charge is 0.573 e. The number of rotatable bonds is 12. The van der Waals surface area contributed by atoms with E-state index in [1.807, 2.05) is 12.1 Å². The van der Waals surface area contributed by atoms with Crippen LogP contribution < -0.4 is 15.4 Å². The van der Waals surface area contributed by atoms with Gasteiger partial charge in [-0.1, -0.05) is 78.2 Å². The Morgan fingerprint density at radius 2 is 1.61 bits per heavy atom. The number of alkyl halides is 3. The highest BCUT2D eigenvalue weighted by atomic mass is 79.9. The molecule has 1 unspecified atom stereocenters. The molecule has 11 heteroatoms. The van der Waals surface area contributed by atoms with Gasteiger partial charge in [0.15, 0.2) is 0 Å². The SMILES string of the molecule is CCCCCc1ccc(CNC(=O)c2ccc(CC(NC(=O)C(=O)O)c3ccc(OC(F)(F)F)cc3)c(Br)c2)cc1. The Hall–Kier alpha value is -3.86. The first kappa shape index (κ1) is 31.7. The van der Waals surface area contributed by atoms with Crippen molar-refractivity contribution in [2.24, 2.45) is 0 Å². The fourth-order valence-electron chi connectivity index (χ4n) is 4.14.